The van der Waals surface area contributed by atoms with Crippen LogP contribution in [-0.4, -0.2) is 11.7 Å². The maximum absolute atomic E-state index is 12.9. The topological polar surface area (TPSA) is 41.5 Å². The van der Waals surface area contributed by atoms with Gasteiger partial charge in [-0.05, 0) is 48.0 Å². The largest absolute Gasteiger partial charge is 0.305 e. The third-order valence-corrected chi connectivity index (χ3v) is 2.99. The van der Waals surface area contributed by atoms with E-state index >= 15 is 0 Å². The molecule has 0 unspecified atom stereocenters. The summed E-state index contributed by atoms with van der Waals surface area (Å²) in [5.74, 6) is -0.679. The van der Waals surface area contributed by atoms with E-state index in [0.29, 0.717) is 17.0 Å². The van der Waals surface area contributed by atoms with Crippen LogP contribution in [-0.2, 0) is 4.79 Å². The Hall–Kier alpha value is -2.82. The van der Waals surface area contributed by atoms with Crippen molar-refractivity contribution in [3.8, 4) is 0 Å². The minimum atomic E-state index is -0.356. The number of halogens is 2. The second-order valence-electron chi connectivity index (χ2n) is 4.50. The number of nitrogens with zero attached hydrogens (tertiary/aromatic N) is 1. The second kappa shape index (κ2) is 5.28. The molecule has 3 nitrogen and oxygen atoms in total. The van der Waals surface area contributed by atoms with Crippen molar-refractivity contribution in [1.82, 2.24) is 5.32 Å². The number of carbonyl (C=O) groups is 1. The summed E-state index contributed by atoms with van der Waals surface area (Å²) in [7, 11) is 0. The fourth-order valence-corrected chi connectivity index (χ4v) is 1.93. The lowest BCUT2D eigenvalue weighted by Gasteiger charge is -1.99. The van der Waals surface area contributed by atoms with Crippen molar-refractivity contribution in [3.63, 3.8) is 0 Å². The van der Waals surface area contributed by atoms with Crippen molar-refractivity contribution in [2.24, 2.45) is 4.99 Å². The van der Waals surface area contributed by atoms with Gasteiger partial charge >= 0.3 is 0 Å². The van der Waals surface area contributed by atoms with Crippen LogP contribution in [0.5, 0.6) is 0 Å². The summed E-state index contributed by atoms with van der Waals surface area (Å²) in [6.07, 6.45) is 1.56. The molecule has 1 heterocycles. The van der Waals surface area contributed by atoms with E-state index in [2.05, 4.69) is 10.3 Å². The van der Waals surface area contributed by atoms with Crippen LogP contribution in [0.15, 0.2) is 59.2 Å². The fraction of sp³-hybridized carbons (Fsp3) is 0. The third-order valence-electron chi connectivity index (χ3n) is 2.99. The first kappa shape index (κ1) is 13.2. The molecule has 104 valence electrons. The van der Waals surface area contributed by atoms with Crippen molar-refractivity contribution in [3.05, 3.63) is 77.0 Å². The van der Waals surface area contributed by atoms with Crippen molar-refractivity contribution < 1.29 is 13.6 Å². The number of rotatable bonds is 2. The summed E-state index contributed by atoms with van der Waals surface area (Å²) < 4.78 is 25.7. The molecule has 0 aromatic heterocycles. The molecule has 0 radical (unpaired) electrons. The minimum absolute atomic E-state index is 0.223. The standard InChI is InChI=1S/C16H10F2N2O/c17-12-5-1-10(2-6-12)9-14-16(21)20-15(19-14)11-3-7-13(18)8-4-11/h1-9H,(H,19,20,21)/b14-9+. The van der Waals surface area contributed by atoms with E-state index in [0.717, 1.165) is 0 Å². The van der Waals surface area contributed by atoms with Crippen LogP contribution in [0.25, 0.3) is 6.08 Å². The number of aliphatic imine (C=N–C) groups is 1. The molecule has 2 aromatic carbocycles. The quantitative estimate of drug-likeness (QED) is 0.846. The first-order chi connectivity index (χ1) is 10.1. The van der Waals surface area contributed by atoms with E-state index in [1.807, 2.05) is 0 Å². The Morgan fingerprint density at radius 1 is 0.905 bits per heavy atom. The van der Waals surface area contributed by atoms with Gasteiger partial charge in [-0.1, -0.05) is 12.1 Å². The summed E-state index contributed by atoms with van der Waals surface area (Å²) >= 11 is 0. The van der Waals surface area contributed by atoms with Crippen LogP contribution in [0, 0.1) is 11.6 Å². The molecule has 5 heteroatoms. The lowest BCUT2D eigenvalue weighted by molar-refractivity contribution is -0.115. The molecule has 0 aliphatic carbocycles. The van der Waals surface area contributed by atoms with Gasteiger partial charge in [0.05, 0.1) is 0 Å². The number of hydrogen-bond acceptors (Lipinski definition) is 2. The number of hydrogen-bond donors (Lipinski definition) is 1. The minimum Gasteiger partial charge on any atom is -0.305 e. The van der Waals surface area contributed by atoms with Gasteiger partial charge in [-0.3, -0.25) is 4.79 Å². The van der Waals surface area contributed by atoms with Gasteiger partial charge in [-0.25, -0.2) is 13.8 Å². The van der Waals surface area contributed by atoms with Gasteiger partial charge in [0.1, 0.15) is 23.2 Å². The fourth-order valence-electron chi connectivity index (χ4n) is 1.93. The molecule has 0 bridgehead atoms. The lowest BCUT2D eigenvalue weighted by atomic mass is 10.2. The van der Waals surface area contributed by atoms with E-state index in [9.17, 15) is 13.6 Å². The smallest absolute Gasteiger partial charge is 0.275 e. The van der Waals surface area contributed by atoms with Gasteiger partial charge in [-0.2, -0.15) is 0 Å². The number of amidine groups is 1. The Labute approximate surface area is 119 Å². The van der Waals surface area contributed by atoms with Gasteiger partial charge in [0, 0.05) is 5.56 Å². The van der Waals surface area contributed by atoms with Crippen LogP contribution in [0.2, 0.25) is 0 Å². The molecule has 3 rings (SSSR count). The molecule has 1 amide bonds. The van der Waals surface area contributed by atoms with Crippen molar-refractivity contribution in [2.45, 2.75) is 0 Å². The highest BCUT2D eigenvalue weighted by Gasteiger charge is 2.20. The average Bonchev–Trinajstić information content (AvgIpc) is 2.83. The van der Waals surface area contributed by atoms with Gasteiger partial charge in [0.25, 0.3) is 5.91 Å². The highest BCUT2D eigenvalue weighted by molar-refractivity contribution is 6.19. The lowest BCUT2D eigenvalue weighted by Crippen LogP contribution is -2.24. The summed E-state index contributed by atoms with van der Waals surface area (Å²) in [5.41, 5.74) is 1.51. The van der Waals surface area contributed by atoms with E-state index in [1.165, 1.54) is 36.4 Å². The maximum Gasteiger partial charge on any atom is 0.275 e. The van der Waals surface area contributed by atoms with Crippen LogP contribution in [0.4, 0.5) is 8.78 Å². The monoisotopic (exact) mass is 284 g/mol. The summed E-state index contributed by atoms with van der Waals surface area (Å²) in [4.78, 5) is 16.0. The van der Waals surface area contributed by atoms with E-state index in [-0.39, 0.29) is 23.2 Å². The third kappa shape index (κ3) is 2.86. The average molecular weight is 284 g/mol. The molecular formula is C16H10F2N2O. The molecular weight excluding hydrogens is 274 g/mol. The van der Waals surface area contributed by atoms with Crippen LogP contribution < -0.4 is 5.32 Å². The maximum atomic E-state index is 12.9. The van der Waals surface area contributed by atoms with E-state index in [4.69, 9.17) is 0 Å². The molecule has 0 atom stereocenters. The zero-order chi connectivity index (χ0) is 14.8. The summed E-state index contributed by atoms with van der Waals surface area (Å²) in [5, 5.41) is 2.62. The molecule has 1 N–H and O–H groups in total. The molecule has 0 saturated heterocycles. The summed E-state index contributed by atoms with van der Waals surface area (Å²) in [6.45, 7) is 0. The molecule has 1 aliphatic heterocycles. The SMILES string of the molecule is O=C1NC(c2ccc(F)cc2)=N/C1=C/c1ccc(F)cc1. The first-order valence-corrected chi connectivity index (χ1v) is 6.25. The predicted octanol–water partition coefficient (Wildman–Crippen LogP) is 2.88. The molecule has 2 aromatic rings. The van der Waals surface area contributed by atoms with Gasteiger partial charge < -0.3 is 5.32 Å². The summed E-state index contributed by atoms with van der Waals surface area (Å²) in [6, 6.07) is 11.4. The van der Waals surface area contributed by atoms with Crippen molar-refractivity contribution in [1.29, 1.82) is 0 Å². The van der Waals surface area contributed by atoms with Crippen LogP contribution >= 0.6 is 0 Å². The number of amides is 1. The zero-order valence-corrected chi connectivity index (χ0v) is 10.8. The molecule has 0 fully saturated rings. The molecule has 21 heavy (non-hydrogen) atoms. The van der Waals surface area contributed by atoms with Gasteiger partial charge in [-0.15, -0.1) is 0 Å². The van der Waals surface area contributed by atoms with E-state index < -0.39 is 0 Å². The van der Waals surface area contributed by atoms with Crippen molar-refractivity contribution in [2.75, 3.05) is 0 Å². The number of carbonyl (C=O) groups excluding carboxylic acids is 1. The van der Waals surface area contributed by atoms with Gasteiger partial charge in [0.15, 0.2) is 0 Å². The zero-order valence-electron chi connectivity index (χ0n) is 10.8. The second-order valence-corrected chi connectivity index (χ2v) is 4.50. The molecule has 0 saturated carbocycles. The Bertz CT molecular complexity index is 747. The normalized spacial score (nSPS) is 16.0. The highest BCUT2D eigenvalue weighted by Crippen LogP contribution is 2.15. The van der Waals surface area contributed by atoms with E-state index in [1.54, 1.807) is 18.2 Å². The predicted molar refractivity (Wildman–Crippen MR) is 75.5 cm³/mol. The molecule has 1 aliphatic rings. The highest BCUT2D eigenvalue weighted by atomic mass is 19.1. The van der Waals surface area contributed by atoms with Crippen molar-refractivity contribution >= 4 is 17.8 Å². The number of nitrogens with one attached hydrogen (secondary N) is 1. The van der Waals surface area contributed by atoms with Crippen LogP contribution in [0.1, 0.15) is 11.1 Å². The first-order valence-electron chi connectivity index (χ1n) is 6.25. The van der Waals surface area contributed by atoms with Gasteiger partial charge in [0.2, 0.25) is 0 Å². The Morgan fingerprint density at radius 3 is 2.10 bits per heavy atom. The Kier molecular flexibility index (Phi) is 3.31. The Morgan fingerprint density at radius 2 is 1.48 bits per heavy atom. The number of benzene rings is 2. The molecule has 0 spiro atoms. The Balaban J connectivity index is 1.91. The van der Waals surface area contributed by atoms with Crippen LogP contribution in [0.3, 0.4) is 0 Å².